The van der Waals surface area contributed by atoms with Gasteiger partial charge in [-0.1, -0.05) is 39.0 Å². The van der Waals surface area contributed by atoms with Crippen molar-refractivity contribution in [2.45, 2.75) is 51.0 Å². The summed E-state index contributed by atoms with van der Waals surface area (Å²) >= 11 is 0. The van der Waals surface area contributed by atoms with Gasteiger partial charge in [0.1, 0.15) is 0 Å². The lowest BCUT2D eigenvalue weighted by atomic mass is 9.65. The zero-order chi connectivity index (χ0) is 14.2. The van der Waals surface area contributed by atoms with Crippen molar-refractivity contribution in [3.63, 3.8) is 0 Å². The molecule has 6 heteroatoms. The van der Waals surface area contributed by atoms with Crippen molar-refractivity contribution in [3.05, 3.63) is 0 Å². The Bertz CT molecular complexity index is 409. The molecule has 0 aromatic heterocycles. The number of rotatable bonds is 3. The van der Waals surface area contributed by atoms with Crippen molar-refractivity contribution < 1.29 is 19.5 Å². The lowest BCUT2D eigenvalue weighted by Crippen LogP contribution is -2.74. The fraction of sp³-hybridized carbons (Fsp3) is 0.769. The average molecular weight is 268 g/mol. The summed E-state index contributed by atoms with van der Waals surface area (Å²) in [5.74, 6) is -1.63. The minimum atomic E-state index is -1.43. The standard InChI is InChI=1S/C13H20N2O4/c1-8(9-5-3-2-4-6-9)13(11(17)18)7-10(16)15(13)12(14)19/h8-9H,2-7H2,1H3,(H2,14,19)(H,17,18)/t8-,13?/m1/s1. The van der Waals surface area contributed by atoms with Crippen molar-refractivity contribution in [1.82, 2.24) is 4.90 Å². The van der Waals surface area contributed by atoms with Gasteiger partial charge in [0.25, 0.3) is 0 Å². The zero-order valence-electron chi connectivity index (χ0n) is 11.1. The molecule has 1 aliphatic heterocycles. The number of primary amides is 1. The largest absolute Gasteiger partial charge is 0.479 e. The molecule has 19 heavy (non-hydrogen) atoms. The second kappa shape index (κ2) is 4.83. The molecule has 106 valence electrons. The van der Waals surface area contributed by atoms with E-state index in [0.29, 0.717) is 0 Å². The van der Waals surface area contributed by atoms with Gasteiger partial charge in [-0.2, -0.15) is 0 Å². The van der Waals surface area contributed by atoms with Crippen LogP contribution in [0.2, 0.25) is 0 Å². The van der Waals surface area contributed by atoms with Crippen LogP contribution in [-0.4, -0.2) is 33.5 Å². The quantitative estimate of drug-likeness (QED) is 0.754. The number of carbonyl (C=O) groups is 3. The van der Waals surface area contributed by atoms with E-state index in [1.165, 1.54) is 6.42 Å². The van der Waals surface area contributed by atoms with Gasteiger partial charge in [-0.05, 0) is 11.8 Å². The second-order valence-electron chi connectivity index (χ2n) is 5.66. The molecule has 0 radical (unpaired) electrons. The Labute approximate surface area is 111 Å². The number of amides is 3. The Kier molecular flexibility index (Phi) is 3.52. The first-order valence-corrected chi connectivity index (χ1v) is 6.77. The van der Waals surface area contributed by atoms with E-state index in [0.717, 1.165) is 30.6 Å². The summed E-state index contributed by atoms with van der Waals surface area (Å²) in [6, 6.07) is -0.957. The summed E-state index contributed by atoms with van der Waals surface area (Å²) in [7, 11) is 0. The number of β-lactam (4-membered cyclic amide) rings is 1. The van der Waals surface area contributed by atoms with Gasteiger partial charge in [0.05, 0.1) is 6.42 Å². The van der Waals surface area contributed by atoms with Crippen molar-refractivity contribution >= 4 is 17.9 Å². The normalized spacial score (nSPS) is 29.7. The van der Waals surface area contributed by atoms with Crippen LogP contribution in [0.4, 0.5) is 4.79 Å². The third kappa shape index (κ3) is 1.99. The third-order valence-corrected chi connectivity index (χ3v) is 4.77. The highest BCUT2D eigenvalue weighted by atomic mass is 16.4. The van der Waals surface area contributed by atoms with Gasteiger partial charge in [-0.15, -0.1) is 0 Å². The van der Waals surface area contributed by atoms with Crippen LogP contribution in [0, 0.1) is 11.8 Å². The number of aliphatic carboxylic acids is 1. The van der Waals surface area contributed by atoms with Crippen LogP contribution in [0.5, 0.6) is 0 Å². The van der Waals surface area contributed by atoms with E-state index in [2.05, 4.69) is 0 Å². The molecule has 6 nitrogen and oxygen atoms in total. The molecule has 1 unspecified atom stereocenters. The first-order valence-electron chi connectivity index (χ1n) is 6.77. The zero-order valence-corrected chi connectivity index (χ0v) is 11.1. The third-order valence-electron chi connectivity index (χ3n) is 4.77. The van der Waals surface area contributed by atoms with Crippen molar-refractivity contribution in [2.75, 3.05) is 0 Å². The van der Waals surface area contributed by atoms with Crippen LogP contribution in [0.15, 0.2) is 0 Å². The molecule has 1 aliphatic carbocycles. The van der Waals surface area contributed by atoms with Crippen LogP contribution in [0.25, 0.3) is 0 Å². The summed E-state index contributed by atoms with van der Waals surface area (Å²) in [6.07, 6.45) is 5.11. The Hall–Kier alpha value is -1.59. The van der Waals surface area contributed by atoms with Crippen LogP contribution in [-0.2, 0) is 9.59 Å². The number of carbonyl (C=O) groups excluding carboxylic acids is 2. The van der Waals surface area contributed by atoms with Crippen LogP contribution >= 0.6 is 0 Å². The Morgan fingerprint density at radius 2 is 1.95 bits per heavy atom. The summed E-state index contributed by atoms with van der Waals surface area (Å²) in [6.45, 7) is 1.83. The van der Waals surface area contributed by atoms with E-state index in [1.807, 2.05) is 6.92 Å². The highest BCUT2D eigenvalue weighted by molar-refractivity contribution is 6.08. The van der Waals surface area contributed by atoms with Crippen LogP contribution < -0.4 is 5.73 Å². The van der Waals surface area contributed by atoms with Gasteiger partial charge in [0.2, 0.25) is 5.91 Å². The first kappa shape index (κ1) is 13.8. The summed E-state index contributed by atoms with van der Waals surface area (Å²) in [4.78, 5) is 35.3. The predicted molar refractivity (Wildman–Crippen MR) is 67.2 cm³/mol. The van der Waals surface area contributed by atoms with Crippen LogP contribution in [0.3, 0.4) is 0 Å². The molecule has 2 fully saturated rings. The maximum absolute atomic E-state index is 11.6. The maximum Gasteiger partial charge on any atom is 0.331 e. The summed E-state index contributed by atoms with van der Waals surface area (Å²) in [5, 5.41) is 9.52. The first-order chi connectivity index (χ1) is 8.91. The molecule has 1 heterocycles. The number of imide groups is 1. The number of urea groups is 1. The number of carboxylic acid groups (broad SMARTS) is 1. The Balaban J connectivity index is 2.27. The fourth-order valence-corrected chi connectivity index (χ4v) is 3.59. The van der Waals surface area contributed by atoms with E-state index < -0.39 is 23.4 Å². The molecule has 2 atom stereocenters. The van der Waals surface area contributed by atoms with Gasteiger partial charge in [-0.25, -0.2) is 14.5 Å². The Morgan fingerprint density at radius 1 is 1.37 bits per heavy atom. The molecule has 3 amide bonds. The molecule has 2 rings (SSSR count). The highest BCUT2D eigenvalue weighted by Crippen LogP contribution is 2.45. The second-order valence-corrected chi connectivity index (χ2v) is 5.66. The lowest BCUT2D eigenvalue weighted by molar-refractivity contribution is -0.177. The van der Waals surface area contributed by atoms with Gasteiger partial charge >= 0.3 is 12.0 Å². The van der Waals surface area contributed by atoms with E-state index in [4.69, 9.17) is 5.73 Å². The number of hydrogen-bond acceptors (Lipinski definition) is 3. The molecule has 0 bridgehead atoms. The Morgan fingerprint density at radius 3 is 2.37 bits per heavy atom. The molecular formula is C13H20N2O4. The molecule has 2 aliphatic rings. The van der Waals surface area contributed by atoms with Crippen molar-refractivity contribution in [2.24, 2.45) is 17.6 Å². The molecule has 3 N–H and O–H groups in total. The fourth-order valence-electron chi connectivity index (χ4n) is 3.59. The van der Waals surface area contributed by atoms with E-state index in [-0.39, 0.29) is 18.3 Å². The van der Waals surface area contributed by atoms with Gasteiger partial charge in [0, 0.05) is 0 Å². The number of carboxylic acids is 1. The van der Waals surface area contributed by atoms with E-state index in [1.54, 1.807) is 0 Å². The van der Waals surface area contributed by atoms with Crippen molar-refractivity contribution in [3.8, 4) is 0 Å². The number of hydrogen-bond donors (Lipinski definition) is 2. The van der Waals surface area contributed by atoms with E-state index >= 15 is 0 Å². The van der Waals surface area contributed by atoms with Gasteiger partial charge < -0.3 is 10.8 Å². The molecule has 0 aromatic rings. The molecule has 1 saturated heterocycles. The van der Waals surface area contributed by atoms with Gasteiger partial charge in [0.15, 0.2) is 5.54 Å². The number of likely N-dealkylation sites (tertiary alicyclic amines) is 1. The average Bonchev–Trinajstić information content (AvgIpc) is 2.34. The molecular weight excluding hydrogens is 248 g/mol. The number of nitrogens with zero attached hydrogens (tertiary/aromatic N) is 1. The number of nitrogens with two attached hydrogens (primary N) is 1. The van der Waals surface area contributed by atoms with Gasteiger partial charge in [-0.3, -0.25) is 4.79 Å². The van der Waals surface area contributed by atoms with Crippen molar-refractivity contribution in [1.29, 1.82) is 0 Å². The van der Waals surface area contributed by atoms with Crippen LogP contribution in [0.1, 0.15) is 45.4 Å². The maximum atomic E-state index is 11.6. The summed E-state index contributed by atoms with van der Waals surface area (Å²) < 4.78 is 0. The lowest BCUT2D eigenvalue weighted by Gasteiger charge is -2.52. The summed E-state index contributed by atoms with van der Waals surface area (Å²) in [5.41, 5.74) is 3.75. The molecule has 0 spiro atoms. The SMILES string of the molecule is C[C@H](C1CCCCC1)C1(C(=O)O)CC(=O)N1C(N)=O. The predicted octanol–water partition coefficient (Wildman–Crippen LogP) is 1.34. The topological polar surface area (TPSA) is 101 Å². The minimum absolute atomic E-state index is 0.122. The monoisotopic (exact) mass is 268 g/mol. The molecule has 0 aromatic carbocycles. The molecule has 1 saturated carbocycles. The van der Waals surface area contributed by atoms with E-state index in [9.17, 15) is 19.5 Å². The minimum Gasteiger partial charge on any atom is -0.479 e. The highest BCUT2D eigenvalue weighted by Gasteiger charge is 2.63. The smallest absolute Gasteiger partial charge is 0.331 e.